The summed E-state index contributed by atoms with van der Waals surface area (Å²) in [6.45, 7) is 0.746. The molecular formula is C15H14FNO. The molecule has 1 fully saturated rings. The summed E-state index contributed by atoms with van der Waals surface area (Å²) in [6, 6.07) is 13.6. The Bertz CT molecular complexity index is 585. The molecule has 2 aromatic rings. The zero-order valence-corrected chi connectivity index (χ0v) is 9.97. The molecule has 0 N–H and O–H groups in total. The number of fused-ring (bicyclic) bond motifs is 1. The first-order valence-electron chi connectivity index (χ1n) is 6.12. The van der Waals surface area contributed by atoms with Crippen molar-refractivity contribution >= 4 is 16.7 Å². The van der Waals surface area contributed by atoms with E-state index < -0.39 is 0 Å². The number of amides is 1. The normalized spacial score (nSPS) is 15.7. The van der Waals surface area contributed by atoms with Gasteiger partial charge in [0.15, 0.2) is 0 Å². The molecule has 92 valence electrons. The Morgan fingerprint density at radius 2 is 1.89 bits per heavy atom. The molecule has 2 nitrogen and oxygen atoms in total. The fourth-order valence-electron chi connectivity index (χ4n) is 2.42. The van der Waals surface area contributed by atoms with Crippen LogP contribution >= 0.6 is 0 Å². The van der Waals surface area contributed by atoms with Crippen molar-refractivity contribution in [2.45, 2.75) is 0 Å². The molecule has 1 aliphatic heterocycles. The van der Waals surface area contributed by atoms with E-state index in [0.29, 0.717) is 18.7 Å². The van der Waals surface area contributed by atoms with Crippen molar-refractivity contribution < 1.29 is 9.18 Å². The highest BCUT2D eigenvalue weighted by molar-refractivity contribution is 6.07. The fourth-order valence-corrected chi connectivity index (χ4v) is 2.42. The highest BCUT2D eigenvalue weighted by Gasteiger charge is 2.31. The van der Waals surface area contributed by atoms with Gasteiger partial charge in [-0.15, -0.1) is 0 Å². The van der Waals surface area contributed by atoms with E-state index in [9.17, 15) is 9.18 Å². The Labute approximate surface area is 105 Å². The van der Waals surface area contributed by atoms with E-state index in [2.05, 4.69) is 0 Å². The van der Waals surface area contributed by atoms with Crippen LogP contribution in [0.5, 0.6) is 0 Å². The molecule has 0 spiro atoms. The highest BCUT2D eigenvalue weighted by atomic mass is 19.1. The quantitative estimate of drug-likeness (QED) is 0.794. The number of alkyl halides is 1. The second kappa shape index (κ2) is 4.41. The second-order valence-electron chi connectivity index (χ2n) is 4.76. The maximum atomic E-state index is 12.4. The molecule has 3 rings (SSSR count). The predicted octanol–water partition coefficient (Wildman–Crippen LogP) is 2.88. The number of halogens is 1. The minimum Gasteiger partial charge on any atom is -0.338 e. The molecule has 0 saturated carbocycles. The molecule has 1 saturated heterocycles. The van der Waals surface area contributed by atoms with Crippen LogP contribution in [0, 0.1) is 5.92 Å². The molecule has 0 radical (unpaired) electrons. The molecule has 0 unspecified atom stereocenters. The maximum absolute atomic E-state index is 12.4. The van der Waals surface area contributed by atoms with Gasteiger partial charge in [0, 0.05) is 24.6 Å². The lowest BCUT2D eigenvalue weighted by Crippen LogP contribution is -2.50. The molecule has 1 heterocycles. The minimum absolute atomic E-state index is 0.0106. The summed E-state index contributed by atoms with van der Waals surface area (Å²) in [7, 11) is 0. The Hall–Kier alpha value is -1.90. The number of benzene rings is 2. The van der Waals surface area contributed by atoms with Gasteiger partial charge in [-0.05, 0) is 16.8 Å². The Balaban J connectivity index is 1.93. The van der Waals surface area contributed by atoms with E-state index in [1.54, 1.807) is 4.90 Å². The Morgan fingerprint density at radius 3 is 2.67 bits per heavy atom. The monoisotopic (exact) mass is 243 g/mol. The molecule has 0 atom stereocenters. The van der Waals surface area contributed by atoms with Crippen molar-refractivity contribution in [1.82, 2.24) is 4.90 Å². The second-order valence-corrected chi connectivity index (χ2v) is 4.76. The van der Waals surface area contributed by atoms with Gasteiger partial charge in [-0.1, -0.05) is 36.4 Å². The van der Waals surface area contributed by atoms with Gasteiger partial charge in [0.2, 0.25) is 0 Å². The third kappa shape index (κ3) is 1.76. The summed E-state index contributed by atoms with van der Waals surface area (Å²) in [6.07, 6.45) is 0. The van der Waals surface area contributed by atoms with Crippen molar-refractivity contribution in [3.63, 3.8) is 0 Å². The average Bonchev–Trinajstić information content (AvgIpc) is 2.36. The summed E-state index contributed by atoms with van der Waals surface area (Å²) < 4.78 is 12.4. The van der Waals surface area contributed by atoms with Crippen LogP contribution < -0.4 is 0 Å². The number of carbonyl (C=O) groups excluding carboxylic acids is 1. The number of rotatable bonds is 2. The smallest absolute Gasteiger partial charge is 0.254 e. The van der Waals surface area contributed by atoms with Gasteiger partial charge < -0.3 is 4.90 Å². The zero-order valence-electron chi connectivity index (χ0n) is 9.97. The number of hydrogen-bond acceptors (Lipinski definition) is 1. The van der Waals surface area contributed by atoms with E-state index in [-0.39, 0.29) is 18.5 Å². The standard InChI is InChI=1S/C15H14FNO/c16-8-11-9-17(10-11)15(18)14-7-3-5-12-4-1-2-6-13(12)14/h1-7,11H,8-10H2. The highest BCUT2D eigenvalue weighted by Crippen LogP contribution is 2.24. The summed E-state index contributed by atoms with van der Waals surface area (Å²) in [4.78, 5) is 14.0. The molecule has 0 aliphatic carbocycles. The third-order valence-electron chi connectivity index (χ3n) is 3.48. The summed E-state index contributed by atoms with van der Waals surface area (Å²) in [5.74, 6) is 0.0421. The van der Waals surface area contributed by atoms with Gasteiger partial charge >= 0.3 is 0 Å². The van der Waals surface area contributed by atoms with Gasteiger partial charge in [0.05, 0.1) is 6.67 Å². The van der Waals surface area contributed by atoms with E-state index in [1.807, 2.05) is 42.5 Å². The largest absolute Gasteiger partial charge is 0.338 e. The average molecular weight is 243 g/mol. The zero-order chi connectivity index (χ0) is 12.5. The van der Waals surface area contributed by atoms with Crippen molar-refractivity contribution in [1.29, 1.82) is 0 Å². The lowest BCUT2D eigenvalue weighted by atomic mass is 9.98. The first-order chi connectivity index (χ1) is 8.79. The van der Waals surface area contributed by atoms with Crippen molar-refractivity contribution in [3.05, 3.63) is 48.0 Å². The van der Waals surface area contributed by atoms with Crippen molar-refractivity contribution in [3.8, 4) is 0 Å². The summed E-state index contributed by atoms with van der Waals surface area (Å²) in [5, 5.41) is 2.03. The van der Waals surface area contributed by atoms with Crippen LogP contribution in [0.2, 0.25) is 0 Å². The number of carbonyl (C=O) groups is 1. The predicted molar refractivity (Wildman–Crippen MR) is 69.3 cm³/mol. The SMILES string of the molecule is O=C(c1cccc2ccccc12)N1CC(CF)C1. The minimum atomic E-state index is -0.334. The van der Waals surface area contributed by atoms with Crippen LogP contribution in [0.3, 0.4) is 0 Å². The summed E-state index contributed by atoms with van der Waals surface area (Å²) >= 11 is 0. The molecular weight excluding hydrogens is 229 g/mol. The molecule has 0 bridgehead atoms. The number of likely N-dealkylation sites (tertiary alicyclic amines) is 1. The first-order valence-corrected chi connectivity index (χ1v) is 6.12. The lowest BCUT2D eigenvalue weighted by molar-refractivity contribution is 0.0455. The third-order valence-corrected chi connectivity index (χ3v) is 3.48. The molecule has 0 aromatic heterocycles. The van der Waals surface area contributed by atoms with Crippen LogP contribution in [0.4, 0.5) is 4.39 Å². The van der Waals surface area contributed by atoms with Crippen molar-refractivity contribution in [2.24, 2.45) is 5.92 Å². The van der Waals surface area contributed by atoms with Crippen LogP contribution in [-0.2, 0) is 0 Å². The van der Waals surface area contributed by atoms with Crippen molar-refractivity contribution in [2.75, 3.05) is 19.8 Å². The first kappa shape index (κ1) is 11.2. The Kier molecular flexibility index (Phi) is 2.74. The van der Waals surface area contributed by atoms with Gasteiger partial charge in [-0.25, -0.2) is 0 Å². The topological polar surface area (TPSA) is 20.3 Å². The van der Waals surface area contributed by atoms with Crippen LogP contribution in [0.1, 0.15) is 10.4 Å². The van der Waals surface area contributed by atoms with Gasteiger partial charge in [-0.3, -0.25) is 9.18 Å². The van der Waals surface area contributed by atoms with E-state index in [1.165, 1.54) is 0 Å². The van der Waals surface area contributed by atoms with Gasteiger partial charge in [-0.2, -0.15) is 0 Å². The fraction of sp³-hybridized carbons (Fsp3) is 0.267. The number of nitrogens with zero attached hydrogens (tertiary/aromatic N) is 1. The number of hydrogen-bond donors (Lipinski definition) is 0. The van der Waals surface area contributed by atoms with Gasteiger partial charge in [0.1, 0.15) is 0 Å². The van der Waals surface area contributed by atoms with Gasteiger partial charge in [0.25, 0.3) is 5.91 Å². The summed E-state index contributed by atoms with van der Waals surface area (Å²) in [5.41, 5.74) is 0.713. The molecule has 18 heavy (non-hydrogen) atoms. The van der Waals surface area contributed by atoms with E-state index >= 15 is 0 Å². The molecule has 1 aliphatic rings. The molecule has 3 heteroatoms. The maximum Gasteiger partial charge on any atom is 0.254 e. The van der Waals surface area contributed by atoms with E-state index in [0.717, 1.165) is 10.8 Å². The van der Waals surface area contributed by atoms with Crippen LogP contribution in [0.15, 0.2) is 42.5 Å². The van der Waals surface area contributed by atoms with Crippen LogP contribution in [0.25, 0.3) is 10.8 Å². The molecule has 1 amide bonds. The Morgan fingerprint density at radius 1 is 1.17 bits per heavy atom. The van der Waals surface area contributed by atoms with Crippen LogP contribution in [-0.4, -0.2) is 30.6 Å². The van der Waals surface area contributed by atoms with E-state index in [4.69, 9.17) is 0 Å². The molecule has 2 aromatic carbocycles. The lowest BCUT2D eigenvalue weighted by Gasteiger charge is -2.38.